The molecule has 0 amide bonds. The lowest BCUT2D eigenvalue weighted by Crippen LogP contribution is -2.16. The summed E-state index contributed by atoms with van der Waals surface area (Å²) in [5, 5.41) is 0.763. The van der Waals surface area contributed by atoms with Gasteiger partial charge in [0.25, 0.3) is 0 Å². The number of rotatable bonds is 3. The molecule has 0 radical (unpaired) electrons. The Morgan fingerprint density at radius 3 is 2.88 bits per heavy atom. The summed E-state index contributed by atoms with van der Waals surface area (Å²) in [4.78, 5) is 0. The second-order valence-electron chi connectivity index (χ2n) is 4.44. The van der Waals surface area contributed by atoms with E-state index >= 15 is 0 Å². The summed E-state index contributed by atoms with van der Waals surface area (Å²) in [7, 11) is 0. The molecule has 2 nitrogen and oxygen atoms in total. The maximum absolute atomic E-state index is 6.00. The maximum atomic E-state index is 6.00. The third kappa shape index (κ3) is 2.69. The molecule has 1 fully saturated rings. The van der Waals surface area contributed by atoms with Crippen LogP contribution >= 0.6 is 11.6 Å². The zero-order valence-electron chi connectivity index (χ0n) is 9.70. The highest BCUT2D eigenvalue weighted by Crippen LogP contribution is 2.30. The van der Waals surface area contributed by atoms with Gasteiger partial charge in [-0.25, -0.2) is 0 Å². The fraction of sp³-hybridized carbons (Fsp3) is 0.538. The van der Waals surface area contributed by atoms with Gasteiger partial charge < -0.3 is 9.47 Å². The first-order valence-electron chi connectivity index (χ1n) is 5.70. The summed E-state index contributed by atoms with van der Waals surface area (Å²) >= 11 is 6.00. The van der Waals surface area contributed by atoms with E-state index in [9.17, 15) is 0 Å². The van der Waals surface area contributed by atoms with Crippen molar-refractivity contribution in [2.45, 2.75) is 32.3 Å². The van der Waals surface area contributed by atoms with Crippen LogP contribution in [-0.2, 0) is 4.74 Å². The van der Waals surface area contributed by atoms with Crippen molar-refractivity contribution in [3.05, 3.63) is 28.8 Å². The van der Waals surface area contributed by atoms with Gasteiger partial charge in [0.2, 0.25) is 0 Å². The minimum atomic E-state index is 0.193. The molecule has 0 N–H and O–H groups in total. The van der Waals surface area contributed by atoms with Gasteiger partial charge in [-0.3, -0.25) is 0 Å². The van der Waals surface area contributed by atoms with Gasteiger partial charge in [0.05, 0.1) is 13.2 Å². The van der Waals surface area contributed by atoms with Gasteiger partial charge in [-0.05, 0) is 29.7 Å². The van der Waals surface area contributed by atoms with Crippen molar-refractivity contribution in [2.75, 3.05) is 13.2 Å². The third-order valence-corrected chi connectivity index (χ3v) is 3.01. The molecule has 1 aliphatic rings. The molecule has 16 heavy (non-hydrogen) atoms. The molecule has 0 aliphatic carbocycles. The average molecular weight is 241 g/mol. The van der Waals surface area contributed by atoms with Crippen LogP contribution in [0.2, 0.25) is 5.02 Å². The topological polar surface area (TPSA) is 18.5 Å². The van der Waals surface area contributed by atoms with Gasteiger partial charge in [-0.15, -0.1) is 0 Å². The molecule has 1 aliphatic heterocycles. The standard InChI is InChI=1S/C13H17ClO2/c1-9(2)12-7-10(14)3-4-13(12)16-11-5-6-15-8-11/h3-4,7,9,11H,5-6,8H2,1-2H3. The zero-order valence-corrected chi connectivity index (χ0v) is 10.5. The summed E-state index contributed by atoms with van der Waals surface area (Å²) in [5.41, 5.74) is 1.17. The molecule has 1 aromatic carbocycles. The van der Waals surface area contributed by atoms with Crippen molar-refractivity contribution in [1.29, 1.82) is 0 Å². The number of hydrogen-bond acceptors (Lipinski definition) is 2. The average Bonchev–Trinajstić information content (AvgIpc) is 2.73. The summed E-state index contributed by atoms with van der Waals surface area (Å²) in [6.07, 6.45) is 1.17. The zero-order chi connectivity index (χ0) is 11.5. The summed E-state index contributed by atoms with van der Waals surface area (Å²) in [5.74, 6) is 1.35. The highest BCUT2D eigenvalue weighted by Gasteiger charge is 2.19. The molecule has 2 rings (SSSR count). The molecule has 1 aromatic rings. The lowest BCUT2D eigenvalue weighted by atomic mass is 10.0. The highest BCUT2D eigenvalue weighted by atomic mass is 35.5. The normalized spacial score (nSPS) is 20.4. The predicted octanol–water partition coefficient (Wildman–Crippen LogP) is 3.63. The van der Waals surface area contributed by atoms with Crippen molar-refractivity contribution >= 4 is 11.6 Å². The van der Waals surface area contributed by atoms with Gasteiger partial charge in [0.1, 0.15) is 11.9 Å². The number of benzene rings is 1. The fourth-order valence-corrected chi connectivity index (χ4v) is 2.04. The smallest absolute Gasteiger partial charge is 0.124 e. The molecule has 0 aromatic heterocycles. The van der Waals surface area contributed by atoms with E-state index in [1.165, 1.54) is 5.56 Å². The largest absolute Gasteiger partial charge is 0.488 e. The SMILES string of the molecule is CC(C)c1cc(Cl)ccc1OC1CCOC1. The Bertz CT molecular complexity index is 357. The van der Waals surface area contributed by atoms with Crippen LogP contribution in [0.3, 0.4) is 0 Å². The second-order valence-corrected chi connectivity index (χ2v) is 4.88. The van der Waals surface area contributed by atoms with Crippen molar-refractivity contribution in [2.24, 2.45) is 0 Å². The Morgan fingerprint density at radius 1 is 1.44 bits per heavy atom. The lowest BCUT2D eigenvalue weighted by Gasteiger charge is -2.17. The molecule has 3 heteroatoms. The van der Waals surface area contributed by atoms with Gasteiger partial charge >= 0.3 is 0 Å². The first-order valence-corrected chi connectivity index (χ1v) is 6.08. The highest BCUT2D eigenvalue weighted by molar-refractivity contribution is 6.30. The van der Waals surface area contributed by atoms with Gasteiger partial charge in [-0.1, -0.05) is 25.4 Å². The first kappa shape index (κ1) is 11.7. The molecule has 88 valence electrons. The quantitative estimate of drug-likeness (QED) is 0.803. The van der Waals surface area contributed by atoms with E-state index in [1.807, 2.05) is 18.2 Å². The van der Waals surface area contributed by atoms with Crippen LogP contribution in [-0.4, -0.2) is 19.3 Å². The molecular weight excluding hydrogens is 224 g/mol. The van der Waals surface area contributed by atoms with Crippen molar-refractivity contribution in [1.82, 2.24) is 0 Å². The van der Waals surface area contributed by atoms with E-state index in [0.717, 1.165) is 23.8 Å². The van der Waals surface area contributed by atoms with E-state index in [-0.39, 0.29) is 6.10 Å². The van der Waals surface area contributed by atoms with Crippen LogP contribution in [0.4, 0.5) is 0 Å². The minimum Gasteiger partial charge on any atom is -0.488 e. The van der Waals surface area contributed by atoms with Crippen molar-refractivity contribution in [3.63, 3.8) is 0 Å². The summed E-state index contributed by atoms with van der Waals surface area (Å²) in [6, 6.07) is 5.81. The monoisotopic (exact) mass is 240 g/mol. The number of ether oxygens (including phenoxy) is 2. The maximum Gasteiger partial charge on any atom is 0.124 e. The van der Waals surface area contributed by atoms with Gasteiger partial charge in [-0.2, -0.15) is 0 Å². The fourth-order valence-electron chi connectivity index (χ4n) is 1.86. The van der Waals surface area contributed by atoms with Crippen LogP contribution < -0.4 is 4.74 Å². The van der Waals surface area contributed by atoms with E-state index < -0.39 is 0 Å². The molecule has 1 heterocycles. The molecule has 1 saturated heterocycles. The Morgan fingerprint density at radius 2 is 2.25 bits per heavy atom. The van der Waals surface area contributed by atoms with Gasteiger partial charge in [0, 0.05) is 11.4 Å². The Balaban J connectivity index is 2.18. The van der Waals surface area contributed by atoms with E-state index in [4.69, 9.17) is 21.1 Å². The van der Waals surface area contributed by atoms with E-state index in [1.54, 1.807) is 0 Å². The minimum absolute atomic E-state index is 0.193. The first-order chi connectivity index (χ1) is 7.66. The predicted molar refractivity (Wildman–Crippen MR) is 65.4 cm³/mol. The Hall–Kier alpha value is -0.730. The number of halogens is 1. The third-order valence-electron chi connectivity index (χ3n) is 2.78. The number of hydrogen-bond donors (Lipinski definition) is 0. The van der Waals surface area contributed by atoms with Crippen molar-refractivity contribution < 1.29 is 9.47 Å². The van der Waals surface area contributed by atoms with Gasteiger partial charge in [0.15, 0.2) is 0 Å². The molecule has 0 bridgehead atoms. The van der Waals surface area contributed by atoms with E-state index in [2.05, 4.69) is 13.8 Å². The lowest BCUT2D eigenvalue weighted by molar-refractivity contribution is 0.140. The van der Waals surface area contributed by atoms with Crippen LogP contribution in [0.25, 0.3) is 0 Å². The molecule has 0 saturated carbocycles. The van der Waals surface area contributed by atoms with Crippen molar-refractivity contribution in [3.8, 4) is 5.75 Å². The Kier molecular flexibility index (Phi) is 3.72. The van der Waals surface area contributed by atoms with Crippen LogP contribution in [0, 0.1) is 0 Å². The molecule has 1 atom stereocenters. The van der Waals surface area contributed by atoms with Crippen LogP contribution in [0.5, 0.6) is 5.75 Å². The van der Waals surface area contributed by atoms with Crippen LogP contribution in [0.15, 0.2) is 18.2 Å². The van der Waals surface area contributed by atoms with E-state index in [0.29, 0.717) is 12.5 Å². The molecule has 1 unspecified atom stereocenters. The van der Waals surface area contributed by atoms with Crippen LogP contribution in [0.1, 0.15) is 31.7 Å². The Labute approximate surface area is 102 Å². The molecular formula is C13H17ClO2. The molecule has 0 spiro atoms. The summed E-state index contributed by atoms with van der Waals surface area (Å²) < 4.78 is 11.2. The second kappa shape index (κ2) is 5.07. The summed E-state index contributed by atoms with van der Waals surface area (Å²) in [6.45, 7) is 5.78.